The second kappa shape index (κ2) is 4.42. The maximum atomic E-state index is 12.3. The summed E-state index contributed by atoms with van der Waals surface area (Å²) in [5, 5.41) is 4.27. The lowest BCUT2D eigenvalue weighted by Gasteiger charge is -2.54. The Morgan fingerprint density at radius 3 is 2.35 bits per heavy atom. The summed E-state index contributed by atoms with van der Waals surface area (Å²) in [7, 11) is 1.71. The van der Waals surface area contributed by atoms with Gasteiger partial charge in [0.05, 0.1) is 6.20 Å². The third kappa shape index (κ3) is 1.70. The van der Waals surface area contributed by atoms with Gasteiger partial charge in [0.1, 0.15) is 0 Å². The molecule has 1 heterocycles. The van der Waals surface area contributed by atoms with Crippen LogP contribution in [-0.2, 0) is 13.6 Å². The molecule has 4 fully saturated rings. The van der Waals surface area contributed by atoms with Gasteiger partial charge in [0.2, 0.25) is 0 Å². The van der Waals surface area contributed by atoms with Gasteiger partial charge in [0.15, 0.2) is 0 Å². The Kier molecular flexibility index (Phi) is 2.78. The van der Waals surface area contributed by atoms with Gasteiger partial charge in [0, 0.05) is 19.2 Å². The van der Waals surface area contributed by atoms with Gasteiger partial charge in [-0.1, -0.05) is 0 Å². The van der Waals surface area contributed by atoms with Crippen LogP contribution in [-0.4, -0.2) is 9.78 Å². The number of rotatable bonds is 2. The van der Waals surface area contributed by atoms with E-state index in [4.69, 9.17) is 5.73 Å². The molecule has 4 aliphatic carbocycles. The Hall–Kier alpha value is -1.16. The van der Waals surface area contributed by atoms with Gasteiger partial charge in [-0.3, -0.25) is 4.79 Å². The van der Waals surface area contributed by atoms with Crippen LogP contribution in [0.2, 0.25) is 0 Å². The first-order valence-corrected chi connectivity index (χ1v) is 7.92. The lowest BCUT2D eigenvalue weighted by Crippen LogP contribution is -2.45. The maximum absolute atomic E-state index is 12.3. The molecular weight excluding hydrogens is 250 g/mol. The Balaban J connectivity index is 1.78. The maximum Gasteiger partial charge on any atom is 0.271 e. The minimum absolute atomic E-state index is 0.00111. The van der Waals surface area contributed by atoms with Gasteiger partial charge in [-0.15, -0.1) is 0 Å². The van der Waals surface area contributed by atoms with Crippen molar-refractivity contribution < 1.29 is 0 Å². The molecule has 0 atom stereocenters. The molecule has 0 saturated heterocycles. The first-order valence-electron chi connectivity index (χ1n) is 7.92. The first-order chi connectivity index (χ1) is 9.67. The molecule has 4 aliphatic rings. The average molecular weight is 273 g/mol. The minimum atomic E-state index is -0.00111. The summed E-state index contributed by atoms with van der Waals surface area (Å²) >= 11 is 0. The molecule has 4 heteroatoms. The summed E-state index contributed by atoms with van der Waals surface area (Å²) < 4.78 is 1.42. The Morgan fingerprint density at radius 2 is 1.80 bits per heavy atom. The summed E-state index contributed by atoms with van der Waals surface area (Å²) in [4.78, 5) is 12.3. The molecule has 1 aromatic heterocycles. The molecule has 108 valence electrons. The van der Waals surface area contributed by atoms with E-state index in [0.717, 1.165) is 29.2 Å². The van der Waals surface area contributed by atoms with E-state index in [0.29, 0.717) is 12.5 Å². The molecule has 4 bridgehead atoms. The molecular formula is C16H23N3O. The monoisotopic (exact) mass is 273 g/mol. The number of nitrogens with two attached hydrogens (primary N) is 1. The highest BCUT2D eigenvalue weighted by Gasteiger charge is 2.49. The van der Waals surface area contributed by atoms with Crippen molar-refractivity contribution in [3.63, 3.8) is 0 Å². The molecule has 4 nitrogen and oxygen atoms in total. The van der Waals surface area contributed by atoms with Crippen molar-refractivity contribution in [2.75, 3.05) is 0 Å². The lowest BCUT2D eigenvalue weighted by atomic mass is 9.50. The van der Waals surface area contributed by atoms with Crippen molar-refractivity contribution in [2.24, 2.45) is 36.5 Å². The van der Waals surface area contributed by atoms with Crippen molar-refractivity contribution in [1.29, 1.82) is 0 Å². The summed E-state index contributed by atoms with van der Waals surface area (Å²) in [6, 6.07) is 0. The number of aromatic nitrogens is 2. The molecule has 20 heavy (non-hydrogen) atoms. The number of hydrogen-bond donors (Lipinski definition) is 1. The lowest BCUT2D eigenvalue weighted by molar-refractivity contribution is -0.00329. The Bertz CT molecular complexity index is 564. The molecule has 0 amide bonds. The van der Waals surface area contributed by atoms with Crippen LogP contribution in [0.5, 0.6) is 0 Å². The van der Waals surface area contributed by atoms with E-state index in [1.165, 1.54) is 42.3 Å². The molecule has 2 N–H and O–H groups in total. The van der Waals surface area contributed by atoms with Crippen LogP contribution in [0, 0.1) is 23.7 Å². The number of nitrogens with zero attached hydrogens (tertiary/aromatic N) is 2. The second-order valence-electron chi connectivity index (χ2n) is 7.17. The fraction of sp³-hybridized carbons (Fsp3) is 0.750. The first kappa shape index (κ1) is 12.6. The average Bonchev–Trinajstić information content (AvgIpc) is 2.41. The molecule has 0 aromatic carbocycles. The third-order valence-corrected chi connectivity index (χ3v) is 6.06. The molecule has 0 spiro atoms. The van der Waals surface area contributed by atoms with Crippen LogP contribution in [0.1, 0.15) is 49.1 Å². The number of hydrogen-bond acceptors (Lipinski definition) is 3. The molecule has 0 aliphatic heterocycles. The van der Waals surface area contributed by atoms with Crippen LogP contribution in [0.3, 0.4) is 0 Å². The van der Waals surface area contributed by atoms with Crippen LogP contribution in [0.15, 0.2) is 11.0 Å². The van der Waals surface area contributed by atoms with Gasteiger partial charge in [0.25, 0.3) is 5.56 Å². The number of aryl methyl sites for hydroxylation is 1. The molecule has 4 saturated carbocycles. The molecule has 0 unspecified atom stereocenters. The van der Waals surface area contributed by atoms with E-state index >= 15 is 0 Å². The normalized spacial score (nSPS) is 38.4. The predicted molar refractivity (Wildman–Crippen MR) is 77.2 cm³/mol. The zero-order chi connectivity index (χ0) is 13.9. The van der Waals surface area contributed by atoms with Gasteiger partial charge in [-0.05, 0) is 67.3 Å². The molecule has 1 aromatic rings. The van der Waals surface area contributed by atoms with Gasteiger partial charge in [-0.2, -0.15) is 5.10 Å². The van der Waals surface area contributed by atoms with E-state index in [-0.39, 0.29) is 5.56 Å². The van der Waals surface area contributed by atoms with Crippen molar-refractivity contribution in [3.05, 3.63) is 27.7 Å². The largest absolute Gasteiger partial charge is 0.326 e. The highest BCUT2D eigenvalue weighted by Crippen LogP contribution is 2.59. The summed E-state index contributed by atoms with van der Waals surface area (Å²) in [6.07, 6.45) is 8.82. The smallest absolute Gasteiger partial charge is 0.271 e. The summed E-state index contributed by atoms with van der Waals surface area (Å²) in [5.41, 5.74) is 7.85. The van der Waals surface area contributed by atoms with E-state index in [9.17, 15) is 4.79 Å². The predicted octanol–water partition coefficient (Wildman–Crippen LogP) is 1.78. The van der Waals surface area contributed by atoms with Crippen molar-refractivity contribution >= 4 is 0 Å². The van der Waals surface area contributed by atoms with Crippen LogP contribution in [0.4, 0.5) is 0 Å². The summed E-state index contributed by atoms with van der Waals surface area (Å²) in [6.45, 7) is 0.341. The van der Waals surface area contributed by atoms with Gasteiger partial charge >= 0.3 is 0 Å². The van der Waals surface area contributed by atoms with E-state index in [1.807, 2.05) is 6.20 Å². The zero-order valence-corrected chi connectivity index (χ0v) is 12.1. The fourth-order valence-corrected chi connectivity index (χ4v) is 5.52. The van der Waals surface area contributed by atoms with E-state index < -0.39 is 0 Å². The van der Waals surface area contributed by atoms with Crippen molar-refractivity contribution in [3.8, 4) is 0 Å². The van der Waals surface area contributed by atoms with E-state index in [2.05, 4.69) is 5.10 Å². The van der Waals surface area contributed by atoms with Crippen molar-refractivity contribution in [1.82, 2.24) is 9.78 Å². The molecule has 0 radical (unpaired) electrons. The van der Waals surface area contributed by atoms with Crippen molar-refractivity contribution in [2.45, 2.75) is 44.6 Å². The zero-order valence-electron chi connectivity index (χ0n) is 12.1. The van der Waals surface area contributed by atoms with Crippen LogP contribution < -0.4 is 11.3 Å². The Labute approximate surface area is 119 Å². The van der Waals surface area contributed by atoms with Gasteiger partial charge < -0.3 is 5.73 Å². The van der Waals surface area contributed by atoms with E-state index in [1.54, 1.807) is 7.05 Å². The van der Waals surface area contributed by atoms with Crippen LogP contribution >= 0.6 is 0 Å². The minimum Gasteiger partial charge on any atom is -0.326 e. The SMILES string of the molecule is Cn1ncc(C2C3CC4CC(C3)CC2C4)c(CN)c1=O. The highest BCUT2D eigenvalue weighted by molar-refractivity contribution is 5.29. The van der Waals surface area contributed by atoms with Gasteiger partial charge in [-0.25, -0.2) is 4.68 Å². The standard InChI is InChI=1S/C16H23N3O/c1-19-16(20)13(7-17)14(8-18-19)15-11-3-9-2-10(5-11)6-12(15)4-9/h8-12,15H,2-7,17H2,1H3. The quantitative estimate of drug-likeness (QED) is 0.893. The topological polar surface area (TPSA) is 60.9 Å². The highest BCUT2D eigenvalue weighted by atomic mass is 16.1. The second-order valence-corrected chi connectivity index (χ2v) is 7.17. The van der Waals surface area contributed by atoms with Crippen LogP contribution in [0.25, 0.3) is 0 Å². The fourth-order valence-electron chi connectivity index (χ4n) is 5.52. The third-order valence-electron chi connectivity index (χ3n) is 6.06. The summed E-state index contributed by atoms with van der Waals surface area (Å²) in [5.74, 6) is 3.99. The molecule has 5 rings (SSSR count). The Morgan fingerprint density at radius 1 is 1.20 bits per heavy atom.